The molecule has 68 valence electrons. The van der Waals surface area contributed by atoms with Crippen LogP contribution in [0.1, 0.15) is 19.8 Å². The predicted molar refractivity (Wildman–Crippen MR) is 44.5 cm³/mol. The van der Waals surface area contributed by atoms with Crippen LogP contribution in [0, 0.1) is 0 Å². The van der Waals surface area contributed by atoms with Gasteiger partial charge in [0.2, 0.25) is 12.3 Å². The average Bonchev–Trinajstić information content (AvgIpc) is 2.05. The number of likely N-dealkylation sites (tertiary alicyclic amines) is 1. The molecule has 1 N–H and O–H groups in total. The molecule has 1 aliphatic heterocycles. The van der Waals surface area contributed by atoms with E-state index in [1.807, 2.05) is 0 Å². The second kappa shape index (κ2) is 4.09. The van der Waals surface area contributed by atoms with Crippen molar-refractivity contribution in [1.82, 2.24) is 10.2 Å². The lowest BCUT2D eigenvalue weighted by molar-refractivity contribution is -0.130. The minimum atomic E-state index is 0.0902. The van der Waals surface area contributed by atoms with Gasteiger partial charge in [-0.1, -0.05) is 0 Å². The summed E-state index contributed by atoms with van der Waals surface area (Å²) >= 11 is 0. The molecule has 0 aliphatic carbocycles. The molecule has 4 heteroatoms. The maximum Gasteiger partial charge on any atom is 0.219 e. The molecule has 0 unspecified atom stereocenters. The van der Waals surface area contributed by atoms with Crippen molar-refractivity contribution in [3.05, 3.63) is 0 Å². The minimum absolute atomic E-state index is 0.0902. The van der Waals surface area contributed by atoms with Gasteiger partial charge >= 0.3 is 0 Å². The SMILES string of the molecule is CC(=O)N1CCC[C@@H](NC=O)C1. The molecular formula is C8H14N2O2. The Morgan fingerprint density at radius 1 is 1.67 bits per heavy atom. The van der Waals surface area contributed by atoms with Crippen molar-refractivity contribution >= 4 is 12.3 Å². The largest absolute Gasteiger partial charge is 0.354 e. The van der Waals surface area contributed by atoms with E-state index in [1.54, 1.807) is 11.8 Å². The molecule has 12 heavy (non-hydrogen) atoms. The molecule has 0 aromatic carbocycles. The summed E-state index contributed by atoms with van der Waals surface area (Å²) in [4.78, 5) is 22.9. The molecule has 1 fully saturated rings. The first-order chi connectivity index (χ1) is 5.74. The van der Waals surface area contributed by atoms with Crippen molar-refractivity contribution in [3.63, 3.8) is 0 Å². The van der Waals surface area contributed by atoms with Gasteiger partial charge in [-0.3, -0.25) is 9.59 Å². The predicted octanol–water partition coefficient (Wildman–Crippen LogP) is -0.257. The zero-order valence-corrected chi connectivity index (χ0v) is 7.25. The summed E-state index contributed by atoms with van der Waals surface area (Å²) < 4.78 is 0. The van der Waals surface area contributed by atoms with Crippen LogP contribution < -0.4 is 5.32 Å². The van der Waals surface area contributed by atoms with E-state index in [0.29, 0.717) is 13.0 Å². The molecule has 0 aromatic heterocycles. The Bertz CT molecular complexity index is 182. The van der Waals surface area contributed by atoms with Crippen molar-refractivity contribution in [1.29, 1.82) is 0 Å². The van der Waals surface area contributed by atoms with E-state index in [-0.39, 0.29) is 11.9 Å². The van der Waals surface area contributed by atoms with Crippen LogP contribution in [0.2, 0.25) is 0 Å². The van der Waals surface area contributed by atoms with Crippen LogP contribution in [0.15, 0.2) is 0 Å². The molecular weight excluding hydrogens is 156 g/mol. The van der Waals surface area contributed by atoms with E-state index in [9.17, 15) is 9.59 Å². The number of carbonyl (C=O) groups is 2. The van der Waals surface area contributed by atoms with Crippen molar-refractivity contribution < 1.29 is 9.59 Å². The van der Waals surface area contributed by atoms with Gasteiger partial charge in [-0.2, -0.15) is 0 Å². The van der Waals surface area contributed by atoms with E-state index >= 15 is 0 Å². The van der Waals surface area contributed by atoms with E-state index in [2.05, 4.69) is 5.32 Å². The standard InChI is InChI=1S/C8H14N2O2/c1-7(12)10-4-2-3-8(5-10)9-6-11/h6,8H,2-5H2,1H3,(H,9,11)/t8-/m1/s1. The molecule has 0 saturated carbocycles. The Balaban J connectivity index is 2.39. The van der Waals surface area contributed by atoms with E-state index < -0.39 is 0 Å². The minimum Gasteiger partial charge on any atom is -0.354 e. The molecule has 0 bridgehead atoms. The molecule has 1 atom stereocenters. The fourth-order valence-corrected chi connectivity index (χ4v) is 1.50. The third kappa shape index (κ3) is 2.22. The monoisotopic (exact) mass is 170 g/mol. The summed E-state index contributed by atoms with van der Waals surface area (Å²) in [7, 11) is 0. The second-order valence-electron chi connectivity index (χ2n) is 3.09. The van der Waals surface area contributed by atoms with Crippen LogP contribution in [0.4, 0.5) is 0 Å². The quantitative estimate of drug-likeness (QED) is 0.581. The van der Waals surface area contributed by atoms with Gasteiger partial charge in [-0.15, -0.1) is 0 Å². The highest BCUT2D eigenvalue weighted by molar-refractivity contribution is 5.73. The van der Waals surface area contributed by atoms with Gasteiger partial charge in [-0.25, -0.2) is 0 Å². The van der Waals surface area contributed by atoms with Gasteiger partial charge in [0.15, 0.2) is 0 Å². The first kappa shape index (κ1) is 9.03. The Morgan fingerprint density at radius 2 is 2.42 bits per heavy atom. The van der Waals surface area contributed by atoms with Crippen molar-refractivity contribution in [2.45, 2.75) is 25.8 Å². The molecule has 1 rings (SSSR count). The van der Waals surface area contributed by atoms with E-state index in [0.717, 1.165) is 19.4 Å². The molecule has 1 saturated heterocycles. The molecule has 0 spiro atoms. The average molecular weight is 170 g/mol. The van der Waals surface area contributed by atoms with Gasteiger partial charge in [0.25, 0.3) is 0 Å². The van der Waals surface area contributed by atoms with E-state index in [4.69, 9.17) is 0 Å². The molecule has 2 amide bonds. The lowest BCUT2D eigenvalue weighted by atomic mass is 10.1. The third-order valence-electron chi connectivity index (χ3n) is 2.17. The van der Waals surface area contributed by atoms with Crippen LogP contribution >= 0.6 is 0 Å². The van der Waals surface area contributed by atoms with Crippen LogP contribution in [-0.2, 0) is 9.59 Å². The second-order valence-corrected chi connectivity index (χ2v) is 3.09. The topological polar surface area (TPSA) is 49.4 Å². The summed E-state index contributed by atoms with van der Waals surface area (Å²) in [5.41, 5.74) is 0. The lowest BCUT2D eigenvalue weighted by Crippen LogP contribution is -2.46. The van der Waals surface area contributed by atoms with Gasteiger partial charge in [-0.05, 0) is 12.8 Å². The number of amides is 2. The normalized spacial score (nSPS) is 23.4. The summed E-state index contributed by atoms with van der Waals surface area (Å²) in [5, 5.41) is 2.69. The third-order valence-corrected chi connectivity index (χ3v) is 2.17. The highest BCUT2D eigenvalue weighted by Crippen LogP contribution is 2.09. The fraction of sp³-hybridized carbons (Fsp3) is 0.750. The first-order valence-electron chi connectivity index (χ1n) is 4.19. The Kier molecular flexibility index (Phi) is 3.08. The number of nitrogens with one attached hydrogen (secondary N) is 1. The number of hydrogen-bond donors (Lipinski definition) is 1. The number of carbonyl (C=O) groups excluding carboxylic acids is 2. The summed E-state index contributed by atoms with van der Waals surface area (Å²) in [6, 6.07) is 0.153. The highest BCUT2D eigenvalue weighted by Gasteiger charge is 2.20. The van der Waals surface area contributed by atoms with Crippen LogP contribution in [0.25, 0.3) is 0 Å². The molecule has 4 nitrogen and oxygen atoms in total. The van der Waals surface area contributed by atoms with Crippen LogP contribution in [-0.4, -0.2) is 36.3 Å². The number of rotatable bonds is 2. The lowest BCUT2D eigenvalue weighted by Gasteiger charge is -2.31. The van der Waals surface area contributed by atoms with E-state index in [1.165, 1.54) is 0 Å². The van der Waals surface area contributed by atoms with Crippen molar-refractivity contribution in [2.75, 3.05) is 13.1 Å². The van der Waals surface area contributed by atoms with Gasteiger partial charge < -0.3 is 10.2 Å². The molecule has 1 heterocycles. The summed E-state index contributed by atoms with van der Waals surface area (Å²) in [5.74, 6) is 0.0902. The number of piperidine rings is 1. The summed E-state index contributed by atoms with van der Waals surface area (Å²) in [6.45, 7) is 3.05. The summed E-state index contributed by atoms with van der Waals surface area (Å²) in [6.07, 6.45) is 2.65. The van der Waals surface area contributed by atoms with Gasteiger partial charge in [0, 0.05) is 26.1 Å². The van der Waals surface area contributed by atoms with Crippen molar-refractivity contribution in [3.8, 4) is 0 Å². The zero-order valence-electron chi connectivity index (χ0n) is 7.25. The first-order valence-corrected chi connectivity index (χ1v) is 4.19. The van der Waals surface area contributed by atoms with Gasteiger partial charge in [0.05, 0.1) is 0 Å². The molecule has 0 radical (unpaired) electrons. The number of hydrogen-bond acceptors (Lipinski definition) is 2. The van der Waals surface area contributed by atoms with Crippen LogP contribution in [0.3, 0.4) is 0 Å². The van der Waals surface area contributed by atoms with Crippen molar-refractivity contribution in [2.24, 2.45) is 0 Å². The molecule has 1 aliphatic rings. The van der Waals surface area contributed by atoms with Crippen LogP contribution in [0.5, 0.6) is 0 Å². The van der Waals surface area contributed by atoms with Gasteiger partial charge in [0.1, 0.15) is 0 Å². The highest BCUT2D eigenvalue weighted by atomic mass is 16.2. The molecule has 0 aromatic rings. The maximum atomic E-state index is 11.0. The Hall–Kier alpha value is -1.06. The number of nitrogens with zero attached hydrogens (tertiary/aromatic N) is 1. The smallest absolute Gasteiger partial charge is 0.219 e. The Morgan fingerprint density at radius 3 is 3.00 bits per heavy atom. The Labute approximate surface area is 71.9 Å². The maximum absolute atomic E-state index is 11.0. The fourth-order valence-electron chi connectivity index (χ4n) is 1.50. The zero-order chi connectivity index (χ0) is 8.97.